The van der Waals surface area contributed by atoms with E-state index >= 15 is 0 Å². The topological polar surface area (TPSA) is 101 Å². The Kier molecular flexibility index (Phi) is 2.98. The molecule has 2 aromatic rings. The molecular formula is C15H14N4O2. The van der Waals surface area contributed by atoms with Crippen LogP contribution in [0.25, 0.3) is 0 Å². The predicted octanol–water partition coefficient (Wildman–Crippen LogP) is 1.45. The summed E-state index contributed by atoms with van der Waals surface area (Å²) in [6.45, 7) is -0.0372. The van der Waals surface area contributed by atoms with Crippen LogP contribution in [0.1, 0.15) is 10.4 Å². The first-order valence-electron chi connectivity index (χ1n) is 6.41. The van der Waals surface area contributed by atoms with Crippen molar-refractivity contribution < 1.29 is 9.59 Å². The molecule has 3 rings (SSSR count). The van der Waals surface area contributed by atoms with Crippen LogP contribution in [0.3, 0.4) is 0 Å². The molecule has 6 heteroatoms. The van der Waals surface area contributed by atoms with Crippen LogP contribution in [0.5, 0.6) is 0 Å². The normalized spacial score (nSPS) is 13.5. The van der Waals surface area contributed by atoms with E-state index in [1.807, 2.05) is 6.07 Å². The van der Waals surface area contributed by atoms with Crippen molar-refractivity contribution in [3.8, 4) is 0 Å². The van der Waals surface area contributed by atoms with Gasteiger partial charge < -0.3 is 16.8 Å². The number of nitrogens with one attached hydrogen (secondary N) is 1. The lowest BCUT2D eigenvalue weighted by molar-refractivity contribution is -0.115. The maximum atomic E-state index is 12.6. The predicted molar refractivity (Wildman–Crippen MR) is 82.0 cm³/mol. The van der Waals surface area contributed by atoms with Crippen LogP contribution in [-0.2, 0) is 4.79 Å². The first-order chi connectivity index (χ1) is 10.0. The van der Waals surface area contributed by atoms with Gasteiger partial charge in [0.05, 0.1) is 11.4 Å². The van der Waals surface area contributed by atoms with Gasteiger partial charge in [0.2, 0.25) is 5.91 Å². The number of carbonyl (C=O) groups excluding carboxylic acids is 2. The molecule has 0 unspecified atom stereocenters. The highest BCUT2D eigenvalue weighted by Crippen LogP contribution is 2.30. The van der Waals surface area contributed by atoms with Crippen LogP contribution >= 0.6 is 0 Å². The number of nitrogen functional groups attached to an aromatic ring is 2. The number of hydrogen-bond acceptors (Lipinski definition) is 4. The Hall–Kier alpha value is -3.02. The van der Waals surface area contributed by atoms with Crippen molar-refractivity contribution in [2.45, 2.75) is 0 Å². The molecule has 21 heavy (non-hydrogen) atoms. The van der Waals surface area contributed by atoms with Crippen LogP contribution in [0.2, 0.25) is 0 Å². The molecule has 0 saturated carbocycles. The average Bonchev–Trinajstić information content (AvgIpc) is 2.44. The molecular weight excluding hydrogens is 268 g/mol. The minimum absolute atomic E-state index is 0.0372. The van der Waals surface area contributed by atoms with Crippen molar-refractivity contribution in [2.75, 3.05) is 28.2 Å². The number of carbonyl (C=O) groups is 2. The van der Waals surface area contributed by atoms with Gasteiger partial charge in [-0.15, -0.1) is 0 Å². The number of para-hydroxylation sites is 2. The Balaban J connectivity index is 2.03. The maximum absolute atomic E-state index is 12.6. The van der Waals surface area contributed by atoms with Crippen molar-refractivity contribution in [3.05, 3.63) is 48.0 Å². The second-order valence-electron chi connectivity index (χ2n) is 4.84. The quantitative estimate of drug-likeness (QED) is 0.689. The van der Waals surface area contributed by atoms with E-state index in [-0.39, 0.29) is 18.4 Å². The molecule has 106 valence electrons. The van der Waals surface area contributed by atoms with E-state index in [0.717, 1.165) is 0 Å². The highest BCUT2D eigenvalue weighted by atomic mass is 16.2. The molecule has 1 aliphatic rings. The summed E-state index contributed by atoms with van der Waals surface area (Å²) in [5, 5.41) is 2.74. The third kappa shape index (κ3) is 2.38. The lowest BCUT2D eigenvalue weighted by atomic mass is 10.1. The first-order valence-corrected chi connectivity index (χ1v) is 6.41. The summed E-state index contributed by atoms with van der Waals surface area (Å²) in [5.41, 5.74) is 13.9. The largest absolute Gasteiger partial charge is 0.399 e. The van der Waals surface area contributed by atoms with Crippen LogP contribution in [-0.4, -0.2) is 18.4 Å². The Morgan fingerprint density at radius 1 is 1.10 bits per heavy atom. The highest BCUT2D eigenvalue weighted by Gasteiger charge is 2.27. The molecule has 0 spiro atoms. The minimum Gasteiger partial charge on any atom is -0.399 e. The van der Waals surface area contributed by atoms with Gasteiger partial charge in [0.15, 0.2) is 0 Å². The van der Waals surface area contributed by atoms with Crippen molar-refractivity contribution in [1.29, 1.82) is 0 Å². The maximum Gasteiger partial charge on any atom is 0.258 e. The summed E-state index contributed by atoms with van der Waals surface area (Å²) in [6.07, 6.45) is 0. The van der Waals surface area contributed by atoms with Crippen molar-refractivity contribution in [1.82, 2.24) is 0 Å². The van der Waals surface area contributed by atoms with E-state index in [0.29, 0.717) is 28.3 Å². The van der Waals surface area contributed by atoms with Gasteiger partial charge in [0.1, 0.15) is 6.54 Å². The standard InChI is InChI=1S/C15H14N4O2/c16-10-5-9(6-11(17)7-10)15(21)19-8-14(20)18-12-3-1-2-4-13(12)19/h1-7H,8,16-17H2,(H,18,20). The van der Waals surface area contributed by atoms with E-state index in [1.165, 1.54) is 4.90 Å². The molecule has 6 nitrogen and oxygen atoms in total. The van der Waals surface area contributed by atoms with E-state index < -0.39 is 0 Å². The van der Waals surface area contributed by atoms with Crippen LogP contribution < -0.4 is 21.7 Å². The van der Waals surface area contributed by atoms with E-state index in [2.05, 4.69) is 5.32 Å². The molecule has 0 saturated heterocycles. The molecule has 1 heterocycles. The highest BCUT2D eigenvalue weighted by molar-refractivity contribution is 6.15. The molecule has 5 N–H and O–H groups in total. The summed E-state index contributed by atoms with van der Waals surface area (Å²) in [6, 6.07) is 11.8. The fourth-order valence-electron chi connectivity index (χ4n) is 2.37. The fourth-order valence-corrected chi connectivity index (χ4v) is 2.37. The zero-order chi connectivity index (χ0) is 15.0. The average molecular weight is 282 g/mol. The van der Waals surface area contributed by atoms with Gasteiger partial charge in [-0.25, -0.2) is 0 Å². The van der Waals surface area contributed by atoms with Gasteiger partial charge in [-0.3, -0.25) is 14.5 Å². The van der Waals surface area contributed by atoms with Crippen molar-refractivity contribution in [2.24, 2.45) is 0 Å². The fraction of sp³-hybridized carbons (Fsp3) is 0.0667. The molecule has 1 aliphatic heterocycles. The molecule has 0 aliphatic carbocycles. The van der Waals surface area contributed by atoms with Gasteiger partial charge >= 0.3 is 0 Å². The Labute approximate surface area is 121 Å². The summed E-state index contributed by atoms with van der Waals surface area (Å²) in [4.78, 5) is 25.8. The van der Waals surface area contributed by atoms with Gasteiger partial charge in [0, 0.05) is 16.9 Å². The number of fused-ring (bicyclic) bond motifs is 1. The molecule has 0 aromatic heterocycles. The molecule has 0 atom stereocenters. The number of benzene rings is 2. The second-order valence-corrected chi connectivity index (χ2v) is 4.84. The van der Waals surface area contributed by atoms with Crippen LogP contribution in [0.4, 0.5) is 22.7 Å². The SMILES string of the molecule is Nc1cc(N)cc(C(=O)N2CC(=O)Nc3ccccc32)c1. The summed E-state index contributed by atoms with van der Waals surface area (Å²) < 4.78 is 0. The smallest absolute Gasteiger partial charge is 0.258 e. The molecule has 2 amide bonds. The Bertz CT molecular complexity index is 722. The number of anilines is 4. The third-order valence-electron chi connectivity index (χ3n) is 3.24. The number of nitrogens with zero attached hydrogens (tertiary/aromatic N) is 1. The monoisotopic (exact) mass is 282 g/mol. The van der Waals surface area contributed by atoms with Crippen molar-refractivity contribution >= 4 is 34.6 Å². The van der Waals surface area contributed by atoms with Gasteiger partial charge in [0.25, 0.3) is 5.91 Å². The third-order valence-corrected chi connectivity index (χ3v) is 3.24. The zero-order valence-electron chi connectivity index (χ0n) is 11.2. The van der Waals surface area contributed by atoms with Crippen LogP contribution in [0, 0.1) is 0 Å². The molecule has 2 aromatic carbocycles. The summed E-state index contributed by atoms with van der Waals surface area (Å²) in [7, 11) is 0. The summed E-state index contributed by atoms with van der Waals surface area (Å²) >= 11 is 0. The number of amides is 2. The van der Waals surface area contributed by atoms with Crippen molar-refractivity contribution in [3.63, 3.8) is 0 Å². The lowest BCUT2D eigenvalue weighted by Gasteiger charge is -2.29. The number of rotatable bonds is 1. The Morgan fingerprint density at radius 3 is 2.48 bits per heavy atom. The lowest BCUT2D eigenvalue weighted by Crippen LogP contribution is -2.42. The van der Waals surface area contributed by atoms with Gasteiger partial charge in [-0.2, -0.15) is 0 Å². The second kappa shape index (κ2) is 4.82. The molecule has 0 bridgehead atoms. The van der Waals surface area contributed by atoms with E-state index in [4.69, 9.17) is 11.5 Å². The minimum atomic E-state index is -0.309. The zero-order valence-corrected chi connectivity index (χ0v) is 11.2. The van der Waals surface area contributed by atoms with Crippen LogP contribution in [0.15, 0.2) is 42.5 Å². The number of hydrogen-bond donors (Lipinski definition) is 3. The van der Waals surface area contributed by atoms with E-state index in [1.54, 1.807) is 36.4 Å². The van der Waals surface area contributed by atoms with Gasteiger partial charge in [-0.05, 0) is 30.3 Å². The summed E-state index contributed by atoms with van der Waals surface area (Å²) in [5.74, 6) is -0.546. The van der Waals surface area contributed by atoms with E-state index in [9.17, 15) is 9.59 Å². The molecule has 0 radical (unpaired) electrons. The first kappa shape index (κ1) is 13.0. The van der Waals surface area contributed by atoms with Gasteiger partial charge in [-0.1, -0.05) is 12.1 Å². The molecule has 0 fully saturated rings. The number of nitrogens with two attached hydrogens (primary N) is 2. The Morgan fingerprint density at radius 2 is 1.76 bits per heavy atom.